The Morgan fingerprint density at radius 1 is 1.29 bits per heavy atom. The monoisotopic (exact) mass is 198 g/mol. The predicted octanol–water partition coefficient (Wildman–Crippen LogP) is 2.27. The normalized spacial score (nSPS) is 13.1. The fraction of sp³-hybridized carbons (Fsp3) is 0.833. The second-order valence-corrected chi connectivity index (χ2v) is 4.26. The number of rotatable bonds is 9. The van der Waals surface area contributed by atoms with Gasteiger partial charge in [0.15, 0.2) is 0 Å². The van der Waals surface area contributed by atoms with Crippen molar-refractivity contribution in [1.82, 2.24) is 10.2 Å². The summed E-state index contributed by atoms with van der Waals surface area (Å²) in [5.41, 5.74) is 0. The third-order valence-electron chi connectivity index (χ3n) is 2.22. The lowest BCUT2D eigenvalue weighted by atomic mass is 10.2. The van der Waals surface area contributed by atoms with Crippen molar-refractivity contribution in [2.24, 2.45) is 0 Å². The van der Waals surface area contributed by atoms with E-state index in [1.165, 1.54) is 19.3 Å². The lowest BCUT2D eigenvalue weighted by Gasteiger charge is -2.18. The largest absolute Gasteiger partial charge is 0.313 e. The molecule has 0 aromatic carbocycles. The molecule has 0 aliphatic heterocycles. The standard InChI is InChI=1S/C12H26N2/c1-5-6-7-8-9-10-13-12(2)11-14(3)4/h5,12-13H,1,6-11H2,2-4H3. The molecule has 0 bridgehead atoms. The van der Waals surface area contributed by atoms with Gasteiger partial charge in [0.1, 0.15) is 0 Å². The number of nitrogens with one attached hydrogen (secondary N) is 1. The molecule has 0 aliphatic rings. The average molecular weight is 198 g/mol. The van der Waals surface area contributed by atoms with Gasteiger partial charge in [-0.2, -0.15) is 0 Å². The smallest absolute Gasteiger partial charge is 0.0166 e. The van der Waals surface area contributed by atoms with E-state index in [1.54, 1.807) is 0 Å². The van der Waals surface area contributed by atoms with E-state index in [4.69, 9.17) is 0 Å². The molecule has 2 nitrogen and oxygen atoms in total. The molecule has 0 heterocycles. The third-order valence-corrected chi connectivity index (χ3v) is 2.22. The SMILES string of the molecule is C=CCCCCCNC(C)CN(C)C. The molecule has 2 heteroatoms. The number of nitrogens with zero attached hydrogens (tertiary/aromatic N) is 1. The molecule has 0 aromatic rings. The zero-order valence-corrected chi connectivity index (χ0v) is 10.1. The minimum Gasteiger partial charge on any atom is -0.313 e. The first-order chi connectivity index (χ1) is 6.66. The molecule has 0 spiro atoms. The first-order valence-electron chi connectivity index (χ1n) is 5.65. The van der Waals surface area contributed by atoms with Crippen LogP contribution in [0.4, 0.5) is 0 Å². The van der Waals surface area contributed by atoms with Gasteiger partial charge in [0.05, 0.1) is 0 Å². The van der Waals surface area contributed by atoms with Crippen LogP contribution in [0.1, 0.15) is 32.6 Å². The Morgan fingerprint density at radius 3 is 2.57 bits per heavy atom. The van der Waals surface area contributed by atoms with Crippen LogP contribution in [0.3, 0.4) is 0 Å². The number of hydrogen-bond donors (Lipinski definition) is 1. The van der Waals surface area contributed by atoms with Crippen molar-refractivity contribution in [3.05, 3.63) is 12.7 Å². The van der Waals surface area contributed by atoms with Crippen molar-refractivity contribution >= 4 is 0 Å². The molecule has 0 radical (unpaired) electrons. The van der Waals surface area contributed by atoms with Gasteiger partial charge < -0.3 is 10.2 Å². The summed E-state index contributed by atoms with van der Waals surface area (Å²) < 4.78 is 0. The third kappa shape index (κ3) is 9.75. The Labute approximate surface area is 89.4 Å². The van der Waals surface area contributed by atoms with E-state index in [0.29, 0.717) is 6.04 Å². The van der Waals surface area contributed by atoms with E-state index >= 15 is 0 Å². The summed E-state index contributed by atoms with van der Waals surface area (Å²) in [4.78, 5) is 2.22. The second-order valence-electron chi connectivity index (χ2n) is 4.26. The van der Waals surface area contributed by atoms with Crippen molar-refractivity contribution < 1.29 is 0 Å². The number of allylic oxidation sites excluding steroid dienone is 1. The Morgan fingerprint density at radius 2 is 2.00 bits per heavy atom. The molecule has 0 saturated heterocycles. The molecule has 1 atom stereocenters. The predicted molar refractivity (Wildman–Crippen MR) is 64.7 cm³/mol. The van der Waals surface area contributed by atoms with Crippen LogP contribution in [-0.2, 0) is 0 Å². The zero-order valence-electron chi connectivity index (χ0n) is 10.1. The van der Waals surface area contributed by atoms with Crippen LogP contribution in [0.25, 0.3) is 0 Å². The summed E-state index contributed by atoms with van der Waals surface area (Å²) >= 11 is 0. The van der Waals surface area contributed by atoms with Crippen molar-refractivity contribution in [1.29, 1.82) is 0 Å². The quantitative estimate of drug-likeness (QED) is 0.452. The van der Waals surface area contributed by atoms with Crippen LogP contribution in [0.2, 0.25) is 0 Å². The van der Waals surface area contributed by atoms with Crippen molar-refractivity contribution in [3.63, 3.8) is 0 Å². The van der Waals surface area contributed by atoms with E-state index in [0.717, 1.165) is 19.5 Å². The Bertz CT molecular complexity index is 132. The van der Waals surface area contributed by atoms with E-state index in [1.807, 2.05) is 6.08 Å². The van der Waals surface area contributed by atoms with Crippen LogP contribution in [0.15, 0.2) is 12.7 Å². The van der Waals surface area contributed by atoms with E-state index < -0.39 is 0 Å². The molecule has 0 rings (SSSR count). The molecule has 1 N–H and O–H groups in total. The maximum Gasteiger partial charge on any atom is 0.0166 e. The van der Waals surface area contributed by atoms with E-state index in [9.17, 15) is 0 Å². The minimum absolute atomic E-state index is 0.601. The van der Waals surface area contributed by atoms with Gasteiger partial charge in [0.2, 0.25) is 0 Å². The van der Waals surface area contributed by atoms with Crippen LogP contribution < -0.4 is 5.32 Å². The lowest BCUT2D eigenvalue weighted by molar-refractivity contribution is 0.348. The number of likely N-dealkylation sites (N-methyl/N-ethyl adjacent to an activating group) is 1. The van der Waals surface area contributed by atoms with Crippen molar-refractivity contribution in [2.45, 2.75) is 38.6 Å². The van der Waals surface area contributed by atoms with Crippen LogP contribution in [-0.4, -0.2) is 38.1 Å². The summed E-state index contributed by atoms with van der Waals surface area (Å²) in [5, 5.41) is 3.52. The fourth-order valence-electron chi connectivity index (χ4n) is 1.55. The topological polar surface area (TPSA) is 15.3 Å². The van der Waals surface area contributed by atoms with Crippen molar-refractivity contribution in [2.75, 3.05) is 27.2 Å². The first-order valence-corrected chi connectivity index (χ1v) is 5.65. The van der Waals surface area contributed by atoms with Gasteiger partial charge in [-0.15, -0.1) is 6.58 Å². The van der Waals surface area contributed by atoms with Gasteiger partial charge in [-0.05, 0) is 46.8 Å². The van der Waals surface area contributed by atoms with Gasteiger partial charge in [-0.3, -0.25) is 0 Å². The summed E-state index contributed by atoms with van der Waals surface area (Å²) in [6.45, 7) is 8.22. The number of hydrogen-bond acceptors (Lipinski definition) is 2. The highest BCUT2D eigenvalue weighted by molar-refractivity contribution is 4.66. The highest BCUT2D eigenvalue weighted by Crippen LogP contribution is 1.99. The molecule has 0 fully saturated rings. The van der Waals surface area contributed by atoms with Gasteiger partial charge >= 0.3 is 0 Å². The minimum atomic E-state index is 0.601. The van der Waals surface area contributed by atoms with Crippen LogP contribution >= 0.6 is 0 Å². The molecule has 84 valence electrons. The lowest BCUT2D eigenvalue weighted by Crippen LogP contribution is -2.36. The Balaban J connectivity index is 3.14. The molecule has 14 heavy (non-hydrogen) atoms. The highest BCUT2D eigenvalue weighted by atomic mass is 15.1. The number of unbranched alkanes of at least 4 members (excludes halogenated alkanes) is 3. The van der Waals surface area contributed by atoms with E-state index in [-0.39, 0.29) is 0 Å². The summed E-state index contributed by atoms with van der Waals surface area (Å²) in [6, 6.07) is 0.601. The fourth-order valence-corrected chi connectivity index (χ4v) is 1.55. The Hall–Kier alpha value is -0.340. The maximum absolute atomic E-state index is 3.72. The Kier molecular flexibility index (Phi) is 9.00. The zero-order chi connectivity index (χ0) is 10.8. The molecule has 1 unspecified atom stereocenters. The van der Waals surface area contributed by atoms with Gasteiger partial charge in [0, 0.05) is 12.6 Å². The molecule has 0 amide bonds. The summed E-state index contributed by atoms with van der Waals surface area (Å²) in [5.74, 6) is 0. The van der Waals surface area contributed by atoms with Crippen LogP contribution in [0, 0.1) is 0 Å². The van der Waals surface area contributed by atoms with Crippen molar-refractivity contribution in [3.8, 4) is 0 Å². The van der Waals surface area contributed by atoms with Gasteiger partial charge in [-0.25, -0.2) is 0 Å². The van der Waals surface area contributed by atoms with E-state index in [2.05, 4.69) is 37.8 Å². The van der Waals surface area contributed by atoms with Crippen LogP contribution in [0.5, 0.6) is 0 Å². The van der Waals surface area contributed by atoms with Gasteiger partial charge in [-0.1, -0.05) is 12.5 Å². The molecule has 0 saturated carbocycles. The summed E-state index contributed by atoms with van der Waals surface area (Å²) in [6.07, 6.45) is 7.04. The maximum atomic E-state index is 3.72. The second kappa shape index (κ2) is 9.22. The molecule has 0 aromatic heterocycles. The molecular weight excluding hydrogens is 172 g/mol. The van der Waals surface area contributed by atoms with Gasteiger partial charge in [0.25, 0.3) is 0 Å². The highest BCUT2D eigenvalue weighted by Gasteiger charge is 2.00. The summed E-state index contributed by atoms with van der Waals surface area (Å²) in [7, 11) is 4.23. The molecular formula is C12H26N2. The molecule has 0 aliphatic carbocycles. The average Bonchev–Trinajstić information content (AvgIpc) is 2.10. The first kappa shape index (κ1) is 13.7.